The normalized spacial score (nSPS) is 22.4. The molecule has 2 aromatic heterocycles. The maximum Gasteiger partial charge on any atom is 0.271 e. The number of amides is 2. The van der Waals surface area contributed by atoms with Crippen LogP contribution in [0.5, 0.6) is 0 Å². The van der Waals surface area contributed by atoms with Crippen molar-refractivity contribution in [1.29, 1.82) is 0 Å². The van der Waals surface area contributed by atoms with Crippen LogP contribution in [-0.4, -0.2) is 32.9 Å². The number of hydrogen-bond donors (Lipinski definition) is 1. The van der Waals surface area contributed by atoms with E-state index in [-0.39, 0.29) is 17.9 Å². The Morgan fingerprint density at radius 2 is 1.87 bits per heavy atom. The van der Waals surface area contributed by atoms with Gasteiger partial charge in [-0.05, 0) is 42.8 Å². The van der Waals surface area contributed by atoms with Crippen LogP contribution in [0, 0.1) is 0 Å². The number of benzene rings is 1. The number of nitrogens with one attached hydrogen (secondary N) is 1. The third-order valence-electron chi connectivity index (χ3n) is 6.91. The minimum atomic E-state index is -0.944. The molecule has 1 atom stereocenters. The summed E-state index contributed by atoms with van der Waals surface area (Å²) >= 11 is 1.64. The highest BCUT2D eigenvalue weighted by Crippen LogP contribution is 2.35. The molecular formula is C25H29N3O2S. The molecule has 1 saturated carbocycles. The van der Waals surface area contributed by atoms with Crippen molar-refractivity contribution in [2.24, 2.45) is 0 Å². The van der Waals surface area contributed by atoms with Gasteiger partial charge < -0.3 is 14.8 Å². The van der Waals surface area contributed by atoms with E-state index < -0.39 is 5.54 Å². The second-order valence-electron chi connectivity index (χ2n) is 9.10. The Kier molecular flexibility index (Phi) is 5.34. The summed E-state index contributed by atoms with van der Waals surface area (Å²) in [5.74, 6) is -0.108. The van der Waals surface area contributed by atoms with E-state index in [0.29, 0.717) is 18.8 Å². The van der Waals surface area contributed by atoms with Crippen molar-refractivity contribution in [2.45, 2.75) is 70.1 Å². The Bertz CT molecular complexity index is 1090. The van der Waals surface area contributed by atoms with Crippen LogP contribution in [0.4, 0.5) is 0 Å². The van der Waals surface area contributed by atoms with E-state index in [4.69, 9.17) is 0 Å². The van der Waals surface area contributed by atoms with E-state index >= 15 is 0 Å². The Morgan fingerprint density at radius 1 is 1.13 bits per heavy atom. The number of aromatic nitrogens is 1. The second-order valence-corrected chi connectivity index (χ2v) is 10.0. The molecule has 2 amide bonds. The Hall–Kier alpha value is -2.60. The number of nitrogens with zero attached hydrogens (tertiary/aromatic N) is 2. The number of fused-ring (bicyclic) bond motifs is 3. The van der Waals surface area contributed by atoms with Crippen molar-refractivity contribution in [1.82, 2.24) is 14.8 Å². The molecular weight excluding hydrogens is 406 g/mol. The highest BCUT2D eigenvalue weighted by atomic mass is 32.1. The van der Waals surface area contributed by atoms with Gasteiger partial charge in [-0.25, -0.2) is 0 Å². The molecule has 31 heavy (non-hydrogen) atoms. The van der Waals surface area contributed by atoms with Crippen molar-refractivity contribution in [3.05, 3.63) is 59.1 Å². The molecule has 162 valence electrons. The van der Waals surface area contributed by atoms with Crippen LogP contribution in [0.15, 0.2) is 47.8 Å². The van der Waals surface area contributed by atoms with Gasteiger partial charge in [0, 0.05) is 12.6 Å². The van der Waals surface area contributed by atoms with Gasteiger partial charge in [0.05, 0.1) is 16.8 Å². The predicted molar refractivity (Wildman–Crippen MR) is 124 cm³/mol. The van der Waals surface area contributed by atoms with Crippen molar-refractivity contribution < 1.29 is 9.59 Å². The molecule has 1 aliphatic heterocycles. The molecule has 0 bridgehead atoms. The SMILES string of the molecule is C[C@@]1(C(=O)NC2CCCCCC2)Cn2c(cc3sccc32)C(=O)N1Cc1ccccc1. The lowest BCUT2D eigenvalue weighted by molar-refractivity contribution is -0.134. The first-order chi connectivity index (χ1) is 15.1. The maximum atomic E-state index is 13.7. The summed E-state index contributed by atoms with van der Waals surface area (Å²) in [7, 11) is 0. The first kappa shape index (κ1) is 20.3. The Balaban J connectivity index is 1.51. The topological polar surface area (TPSA) is 54.3 Å². The summed E-state index contributed by atoms with van der Waals surface area (Å²) in [6.07, 6.45) is 6.85. The lowest BCUT2D eigenvalue weighted by atomic mass is 9.93. The van der Waals surface area contributed by atoms with E-state index in [1.807, 2.05) is 59.3 Å². The molecule has 0 radical (unpaired) electrons. The lowest BCUT2D eigenvalue weighted by Crippen LogP contribution is -2.64. The minimum absolute atomic E-state index is 0.0357. The molecule has 2 aliphatic rings. The molecule has 0 saturated heterocycles. The molecule has 1 aliphatic carbocycles. The quantitative estimate of drug-likeness (QED) is 0.589. The van der Waals surface area contributed by atoms with Crippen molar-refractivity contribution in [3.8, 4) is 0 Å². The molecule has 0 spiro atoms. The maximum absolute atomic E-state index is 13.7. The van der Waals surface area contributed by atoms with Crippen LogP contribution in [-0.2, 0) is 17.9 Å². The summed E-state index contributed by atoms with van der Waals surface area (Å²) in [6, 6.07) is 14.2. The number of rotatable bonds is 4. The fourth-order valence-electron chi connectivity index (χ4n) is 5.05. The van der Waals surface area contributed by atoms with Gasteiger partial charge in [-0.2, -0.15) is 0 Å². The Labute approximate surface area is 187 Å². The largest absolute Gasteiger partial charge is 0.351 e. The number of hydrogen-bond acceptors (Lipinski definition) is 3. The van der Waals surface area contributed by atoms with Crippen LogP contribution < -0.4 is 5.32 Å². The van der Waals surface area contributed by atoms with Crippen LogP contribution in [0.25, 0.3) is 10.2 Å². The molecule has 1 N–H and O–H groups in total. The van der Waals surface area contributed by atoms with Crippen molar-refractivity contribution >= 4 is 33.4 Å². The highest BCUT2D eigenvalue weighted by molar-refractivity contribution is 7.17. The number of carbonyl (C=O) groups is 2. The van der Waals surface area contributed by atoms with Gasteiger partial charge in [0.1, 0.15) is 11.2 Å². The predicted octanol–water partition coefficient (Wildman–Crippen LogP) is 4.96. The summed E-state index contributed by atoms with van der Waals surface area (Å²) in [5.41, 5.74) is 1.81. The zero-order valence-electron chi connectivity index (χ0n) is 18.0. The van der Waals surface area contributed by atoms with Gasteiger partial charge in [0.2, 0.25) is 5.91 Å². The average molecular weight is 436 g/mol. The third-order valence-corrected chi connectivity index (χ3v) is 7.76. The molecule has 3 aromatic rings. The second kappa shape index (κ2) is 8.15. The summed E-state index contributed by atoms with van der Waals surface area (Å²) in [4.78, 5) is 29.2. The van der Waals surface area contributed by atoms with E-state index in [2.05, 4.69) is 5.32 Å². The molecule has 5 nitrogen and oxygen atoms in total. The minimum Gasteiger partial charge on any atom is -0.351 e. The van der Waals surface area contributed by atoms with Crippen LogP contribution in [0.2, 0.25) is 0 Å². The van der Waals surface area contributed by atoms with E-state index in [9.17, 15) is 9.59 Å². The van der Waals surface area contributed by atoms with Gasteiger partial charge in [-0.15, -0.1) is 11.3 Å². The van der Waals surface area contributed by atoms with E-state index in [1.54, 1.807) is 16.2 Å². The van der Waals surface area contributed by atoms with Crippen molar-refractivity contribution in [3.63, 3.8) is 0 Å². The molecule has 1 aromatic carbocycles. The molecule has 1 fully saturated rings. The van der Waals surface area contributed by atoms with Gasteiger partial charge in [0.15, 0.2) is 0 Å². The number of thiophene rings is 1. The summed E-state index contributed by atoms with van der Waals surface area (Å²) < 4.78 is 3.14. The monoisotopic (exact) mass is 435 g/mol. The first-order valence-corrected chi connectivity index (χ1v) is 12.2. The summed E-state index contributed by atoms with van der Waals surface area (Å²) in [5, 5.41) is 5.37. The van der Waals surface area contributed by atoms with Crippen LogP contribution in [0.3, 0.4) is 0 Å². The summed E-state index contributed by atoms with van der Waals surface area (Å²) in [6.45, 7) is 2.83. The molecule has 5 rings (SSSR count). The first-order valence-electron chi connectivity index (χ1n) is 11.3. The van der Waals surface area contributed by atoms with E-state index in [0.717, 1.165) is 41.5 Å². The van der Waals surface area contributed by atoms with Gasteiger partial charge >= 0.3 is 0 Å². The zero-order chi connectivity index (χ0) is 21.4. The van der Waals surface area contributed by atoms with Crippen LogP contribution in [0.1, 0.15) is 61.5 Å². The molecule has 6 heteroatoms. The average Bonchev–Trinajstić information content (AvgIpc) is 3.26. The van der Waals surface area contributed by atoms with Gasteiger partial charge in [0.25, 0.3) is 5.91 Å². The highest BCUT2D eigenvalue weighted by Gasteiger charge is 2.48. The third kappa shape index (κ3) is 3.67. The zero-order valence-corrected chi connectivity index (χ0v) is 18.8. The fraction of sp³-hybridized carbons (Fsp3) is 0.440. The lowest BCUT2D eigenvalue weighted by Gasteiger charge is -2.44. The van der Waals surface area contributed by atoms with Gasteiger partial charge in [-0.3, -0.25) is 9.59 Å². The molecule has 3 heterocycles. The number of carbonyl (C=O) groups excluding carboxylic acids is 2. The smallest absolute Gasteiger partial charge is 0.271 e. The van der Waals surface area contributed by atoms with E-state index in [1.165, 1.54) is 12.8 Å². The van der Waals surface area contributed by atoms with Gasteiger partial charge in [-0.1, -0.05) is 56.0 Å². The van der Waals surface area contributed by atoms with Crippen LogP contribution >= 0.6 is 11.3 Å². The Morgan fingerprint density at radius 3 is 2.61 bits per heavy atom. The fourth-order valence-corrected chi connectivity index (χ4v) is 5.87. The standard InChI is InChI=1S/C25H29N3O2S/c1-25(24(30)26-19-11-7-2-3-8-12-19)17-27-20-13-14-31-22(20)15-21(27)23(29)28(25)16-18-9-5-4-6-10-18/h4-6,9-10,13-15,19H,2-3,7-8,11-12,16-17H2,1H3,(H,26,30)/t25-/m0/s1. The van der Waals surface area contributed by atoms with Crippen molar-refractivity contribution in [2.75, 3.05) is 0 Å². The molecule has 0 unspecified atom stereocenters.